The zero-order chi connectivity index (χ0) is 18.8. The van der Waals surface area contributed by atoms with Crippen LogP contribution in [0.3, 0.4) is 0 Å². The Morgan fingerprint density at radius 1 is 0.920 bits per heavy atom. The van der Waals surface area contributed by atoms with Crippen LogP contribution in [0.15, 0.2) is 56.0 Å². The number of sulfone groups is 1. The Morgan fingerprint density at radius 2 is 1.48 bits per heavy atom. The van der Waals surface area contributed by atoms with Gasteiger partial charge in [-0.1, -0.05) is 17.2 Å². The van der Waals surface area contributed by atoms with Crippen molar-refractivity contribution in [3.05, 3.63) is 47.5 Å². The van der Waals surface area contributed by atoms with Gasteiger partial charge in [-0.05, 0) is 49.2 Å². The topological polar surface area (TPSA) is 127 Å². The van der Waals surface area contributed by atoms with Gasteiger partial charge in [0.1, 0.15) is 0 Å². The van der Waals surface area contributed by atoms with Crippen LogP contribution in [-0.4, -0.2) is 26.6 Å². The number of hydrogen-bond acceptors (Lipinski definition) is 8. The lowest BCUT2D eigenvalue weighted by molar-refractivity contribution is -0.432. The van der Waals surface area contributed by atoms with Crippen molar-refractivity contribution in [2.45, 2.75) is 33.4 Å². The maximum Gasteiger partial charge on any atom is 0.294 e. The second kappa shape index (κ2) is 7.41. The maximum atomic E-state index is 12.8. The molecule has 0 bridgehead atoms. The molecule has 8 nitrogen and oxygen atoms in total. The van der Waals surface area contributed by atoms with E-state index in [1.54, 1.807) is 6.92 Å². The van der Waals surface area contributed by atoms with Crippen molar-refractivity contribution >= 4 is 32.0 Å². The molecule has 2 rings (SSSR count). The number of benzene rings is 2. The van der Waals surface area contributed by atoms with Gasteiger partial charge in [-0.2, -0.15) is 8.42 Å². The van der Waals surface area contributed by atoms with Gasteiger partial charge in [-0.3, -0.25) is 4.55 Å². The lowest BCUT2D eigenvalue weighted by Crippen LogP contribution is -2.07. The molecular formula is C14H14O8S3. The van der Waals surface area contributed by atoms with Crippen molar-refractivity contribution in [3.63, 3.8) is 0 Å². The molecule has 2 aromatic rings. The SMILES string of the molecule is Cc1ccc(S(=O)(=O)c2ccc(C)c(S(=O)(=O)O)c2)cc1SOOO. The van der Waals surface area contributed by atoms with Crippen molar-refractivity contribution in [2.24, 2.45) is 0 Å². The zero-order valence-corrected chi connectivity index (χ0v) is 15.5. The average molecular weight is 406 g/mol. The Bertz CT molecular complexity index is 997. The van der Waals surface area contributed by atoms with Crippen molar-refractivity contribution in [3.8, 4) is 0 Å². The summed E-state index contributed by atoms with van der Waals surface area (Å²) in [6.45, 7) is 3.13. The normalized spacial score (nSPS) is 12.3. The number of aryl methyl sites for hydroxylation is 2. The van der Waals surface area contributed by atoms with E-state index in [2.05, 4.69) is 9.37 Å². The molecule has 11 heteroatoms. The Kier molecular flexibility index (Phi) is 5.89. The van der Waals surface area contributed by atoms with Gasteiger partial charge in [0.25, 0.3) is 10.1 Å². The minimum Gasteiger partial charge on any atom is -0.282 e. The van der Waals surface area contributed by atoms with Gasteiger partial charge in [0.15, 0.2) is 0 Å². The van der Waals surface area contributed by atoms with Gasteiger partial charge in [0, 0.05) is 4.90 Å². The Labute approximate surface area is 149 Å². The second-order valence-corrected chi connectivity index (χ2v) is 9.14. The monoisotopic (exact) mass is 406 g/mol. The van der Waals surface area contributed by atoms with E-state index in [4.69, 9.17) is 5.26 Å². The summed E-state index contributed by atoms with van der Waals surface area (Å²) in [5.74, 6) is 0. The van der Waals surface area contributed by atoms with Crippen molar-refractivity contribution in [2.75, 3.05) is 0 Å². The fourth-order valence-electron chi connectivity index (χ4n) is 2.05. The van der Waals surface area contributed by atoms with Crippen LogP contribution < -0.4 is 0 Å². The van der Waals surface area contributed by atoms with E-state index >= 15 is 0 Å². The molecule has 25 heavy (non-hydrogen) atoms. The third-order valence-electron chi connectivity index (χ3n) is 3.37. The molecule has 0 aliphatic heterocycles. The van der Waals surface area contributed by atoms with E-state index in [1.165, 1.54) is 37.3 Å². The molecule has 0 spiro atoms. The Hall–Kier alpha value is -1.47. The van der Waals surface area contributed by atoms with Crippen LogP contribution >= 0.6 is 12.0 Å². The summed E-state index contributed by atoms with van der Waals surface area (Å²) in [5.41, 5.74) is 0.888. The van der Waals surface area contributed by atoms with Crippen LogP contribution in [0.5, 0.6) is 0 Å². The van der Waals surface area contributed by atoms with Gasteiger partial charge in [0.2, 0.25) is 9.84 Å². The van der Waals surface area contributed by atoms with Gasteiger partial charge >= 0.3 is 0 Å². The van der Waals surface area contributed by atoms with E-state index in [9.17, 15) is 21.4 Å². The van der Waals surface area contributed by atoms with E-state index in [1.807, 2.05) is 0 Å². The third-order valence-corrected chi connectivity index (χ3v) is 6.86. The Balaban J connectivity index is 2.56. The molecular weight excluding hydrogens is 392 g/mol. The summed E-state index contributed by atoms with van der Waals surface area (Å²) in [5, 5.41) is 11.7. The summed E-state index contributed by atoms with van der Waals surface area (Å²) in [6.07, 6.45) is 0. The van der Waals surface area contributed by atoms with Gasteiger partial charge in [0.05, 0.1) is 26.7 Å². The fourth-order valence-corrected chi connectivity index (χ4v) is 4.74. The average Bonchev–Trinajstić information content (AvgIpc) is 2.53. The summed E-state index contributed by atoms with van der Waals surface area (Å²) in [7, 11) is -8.61. The molecule has 0 aliphatic carbocycles. The zero-order valence-electron chi connectivity index (χ0n) is 13.0. The standard InChI is InChI=1S/C14H14O8S3/c1-9-3-5-11(7-13(9)23-22-21-15)24(16,17)12-6-4-10(2)14(8-12)25(18,19)20/h3-8,15H,1-2H3,(H,18,19,20). The second-order valence-electron chi connectivity index (χ2n) is 5.06. The highest BCUT2D eigenvalue weighted by Gasteiger charge is 2.23. The molecule has 0 amide bonds. The van der Waals surface area contributed by atoms with Gasteiger partial charge < -0.3 is 0 Å². The largest absolute Gasteiger partial charge is 0.294 e. The molecule has 0 radical (unpaired) electrons. The first-order chi connectivity index (χ1) is 11.6. The summed E-state index contributed by atoms with van der Waals surface area (Å²) in [6, 6.07) is 7.61. The molecule has 0 aliphatic rings. The van der Waals surface area contributed by atoms with Gasteiger partial charge in [-0.25, -0.2) is 13.7 Å². The van der Waals surface area contributed by atoms with Crippen molar-refractivity contribution in [1.29, 1.82) is 0 Å². The van der Waals surface area contributed by atoms with E-state index < -0.39 is 24.9 Å². The molecule has 0 aromatic heterocycles. The molecule has 0 saturated heterocycles. The quantitative estimate of drug-likeness (QED) is 0.322. The maximum absolute atomic E-state index is 12.8. The van der Waals surface area contributed by atoms with Crippen LogP contribution in [0, 0.1) is 13.8 Å². The molecule has 0 heterocycles. The molecule has 2 aromatic carbocycles. The van der Waals surface area contributed by atoms with E-state index in [0.29, 0.717) is 22.5 Å². The minimum absolute atomic E-state index is 0.118. The molecule has 0 atom stereocenters. The molecule has 0 saturated carbocycles. The van der Waals surface area contributed by atoms with Crippen LogP contribution in [0.4, 0.5) is 0 Å². The summed E-state index contributed by atoms with van der Waals surface area (Å²) >= 11 is 0.610. The molecule has 0 fully saturated rings. The predicted molar refractivity (Wildman–Crippen MR) is 88.3 cm³/mol. The van der Waals surface area contributed by atoms with E-state index in [-0.39, 0.29) is 15.4 Å². The lowest BCUT2D eigenvalue weighted by Gasteiger charge is -2.10. The molecule has 2 N–H and O–H groups in total. The predicted octanol–water partition coefficient (Wildman–Crippen LogP) is 2.81. The van der Waals surface area contributed by atoms with Crippen LogP contribution in [0.25, 0.3) is 0 Å². The highest BCUT2D eigenvalue weighted by atomic mass is 32.2. The van der Waals surface area contributed by atoms with E-state index in [0.717, 1.165) is 6.07 Å². The minimum atomic E-state index is -4.56. The first-order valence-electron chi connectivity index (χ1n) is 6.66. The van der Waals surface area contributed by atoms with Crippen molar-refractivity contribution < 1.29 is 36.0 Å². The first-order valence-corrected chi connectivity index (χ1v) is 10.3. The number of rotatable bonds is 6. The smallest absolute Gasteiger partial charge is 0.282 e. The highest BCUT2D eigenvalue weighted by molar-refractivity contribution is 7.94. The van der Waals surface area contributed by atoms with Crippen LogP contribution in [0.2, 0.25) is 0 Å². The first kappa shape index (κ1) is 19.8. The Morgan fingerprint density at radius 3 is 2.04 bits per heavy atom. The summed E-state index contributed by atoms with van der Waals surface area (Å²) in [4.78, 5) is -0.512. The fraction of sp³-hybridized carbons (Fsp3) is 0.143. The van der Waals surface area contributed by atoms with Crippen LogP contribution in [-0.2, 0) is 29.3 Å². The number of hydrogen-bond donors (Lipinski definition) is 2. The van der Waals surface area contributed by atoms with Crippen LogP contribution in [0.1, 0.15) is 11.1 Å². The highest BCUT2D eigenvalue weighted by Crippen LogP contribution is 2.30. The molecule has 0 unspecified atom stereocenters. The van der Waals surface area contributed by atoms with Gasteiger partial charge in [-0.15, -0.1) is 4.33 Å². The summed E-state index contributed by atoms with van der Waals surface area (Å²) < 4.78 is 61.8. The van der Waals surface area contributed by atoms with Crippen molar-refractivity contribution in [1.82, 2.24) is 0 Å². The third kappa shape index (κ3) is 4.39. The molecule has 136 valence electrons. The lowest BCUT2D eigenvalue weighted by atomic mass is 10.2.